The van der Waals surface area contributed by atoms with Gasteiger partial charge in [-0.1, -0.05) is 6.42 Å². The number of aliphatic hydroxyl groups is 1. The Balaban J connectivity index is 1.71. The third-order valence-corrected chi connectivity index (χ3v) is 3.50. The lowest BCUT2D eigenvalue weighted by Crippen LogP contribution is -2.42. The van der Waals surface area contributed by atoms with Gasteiger partial charge in [-0.2, -0.15) is 5.10 Å². The summed E-state index contributed by atoms with van der Waals surface area (Å²) in [6.07, 6.45) is 3.10. The van der Waals surface area contributed by atoms with E-state index >= 15 is 0 Å². The van der Waals surface area contributed by atoms with Crippen molar-refractivity contribution in [3.05, 3.63) is 17.5 Å². The number of nitrogens with zero attached hydrogens (tertiary/aromatic N) is 2. The lowest BCUT2D eigenvalue weighted by atomic mass is 10.1. The van der Waals surface area contributed by atoms with Crippen molar-refractivity contribution in [1.82, 2.24) is 20.4 Å². The number of aliphatic hydroxyl groups excluding tert-OH is 1. The molecule has 1 saturated heterocycles. The third kappa shape index (κ3) is 4.29. The number of aromatic amines is 1. The lowest BCUT2D eigenvalue weighted by Gasteiger charge is -2.28. The molecule has 0 aliphatic carbocycles. The molecule has 2 rings (SSSR count). The van der Waals surface area contributed by atoms with Crippen molar-refractivity contribution in [3.8, 4) is 0 Å². The van der Waals surface area contributed by atoms with Crippen molar-refractivity contribution < 1.29 is 9.90 Å². The van der Waals surface area contributed by atoms with E-state index in [2.05, 4.69) is 20.4 Å². The molecule has 1 amide bonds. The summed E-state index contributed by atoms with van der Waals surface area (Å²) in [5.41, 5.74) is 6.45. The average molecular weight is 281 g/mol. The normalized spacial score (nSPS) is 17.9. The van der Waals surface area contributed by atoms with E-state index in [-0.39, 0.29) is 12.5 Å². The predicted molar refractivity (Wildman–Crippen MR) is 75.1 cm³/mol. The van der Waals surface area contributed by atoms with Gasteiger partial charge in [-0.3, -0.25) is 9.89 Å². The Labute approximate surface area is 118 Å². The van der Waals surface area contributed by atoms with Crippen molar-refractivity contribution in [1.29, 1.82) is 0 Å². The highest BCUT2D eigenvalue weighted by molar-refractivity contribution is 5.92. The van der Waals surface area contributed by atoms with Crippen LogP contribution in [0.5, 0.6) is 0 Å². The average Bonchev–Trinajstić information content (AvgIpc) is 2.95. The first kappa shape index (κ1) is 15.0. The second kappa shape index (κ2) is 7.37. The smallest absolute Gasteiger partial charge is 0.271 e. The summed E-state index contributed by atoms with van der Waals surface area (Å²) >= 11 is 0. The number of rotatable bonds is 6. The maximum atomic E-state index is 11.8. The first-order valence-electron chi connectivity index (χ1n) is 7.12. The zero-order chi connectivity index (χ0) is 14.4. The Morgan fingerprint density at radius 2 is 2.25 bits per heavy atom. The summed E-state index contributed by atoms with van der Waals surface area (Å²) in [4.78, 5) is 14.0. The molecule has 2 heterocycles. The van der Waals surface area contributed by atoms with Gasteiger partial charge in [0.25, 0.3) is 5.91 Å². The zero-order valence-corrected chi connectivity index (χ0v) is 11.6. The van der Waals surface area contributed by atoms with Gasteiger partial charge >= 0.3 is 0 Å². The molecule has 1 aromatic heterocycles. The molecule has 112 valence electrons. The number of H-pyrrole nitrogens is 1. The van der Waals surface area contributed by atoms with E-state index in [1.54, 1.807) is 6.07 Å². The van der Waals surface area contributed by atoms with Crippen LogP contribution in [0.15, 0.2) is 6.07 Å². The van der Waals surface area contributed by atoms with E-state index in [1.807, 2.05) is 0 Å². The van der Waals surface area contributed by atoms with Crippen LogP contribution in [0.3, 0.4) is 0 Å². The number of carbonyl (C=O) groups excluding carboxylic acids is 1. The predicted octanol–water partition coefficient (Wildman–Crippen LogP) is -0.555. The molecule has 7 nitrogen and oxygen atoms in total. The summed E-state index contributed by atoms with van der Waals surface area (Å²) in [6.45, 7) is 3.22. The number of hydrogen-bond donors (Lipinski definition) is 4. The van der Waals surface area contributed by atoms with Gasteiger partial charge in [0.1, 0.15) is 5.69 Å². The van der Waals surface area contributed by atoms with Gasteiger partial charge in [-0.15, -0.1) is 0 Å². The SMILES string of the molecule is NCc1cc(C(=O)NCC(O)CN2CCCCC2)n[nH]1. The van der Waals surface area contributed by atoms with Gasteiger partial charge < -0.3 is 21.1 Å². The van der Waals surface area contributed by atoms with Crippen LogP contribution >= 0.6 is 0 Å². The van der Waals surface area contributed by atoms with Crippen molar-refractivity contribution in [2.24, 2.45) is 5.73 Å². The second-order valence-corrected chi connectivity index (χ2v) is 5.21. The summed E-state index contributed by atoms with van der Waals surface area (Å²) < 4.78 is 0. The summed E-state index contributed by atoms with van der Waals surface area (Å²) in [5, 5.41) is 19.2. The molecule has 1 fully saturated rings. The summed E-state index contributed by atoms with van der Waals surface area (Å²) in [6, 6.07) is 1.62. The highest BCUT2D eigenvalue weighted by atomic mass is 16.3. The number of nitrogens with one attached hydrogen (secondary N) is 2. The molecule has 1 aliphatic heterocycles. The maximum Gasteiger partial charge on any atom is 0.271 e. The molecule has 20 heavy (non-hydrogen) atoms. The Bertz CT molecular complexity index is 428. The molecule has 7 heteroatoms. The molecule has 5 N–H and O–H groups in total. The van der Waals surface area contributed by atoms with E-state index in [0.29, 0.717) is 24.5 Å². The molecule has 0 radical (unpaired) electrons. The molecular weight excluding hydrogens is 258 g/mol. The fourth-order valence-corrected chi connectivity index (χ4v) is 2.39. The van der Waals surface area contributed by atoms with Crippen molar-refractivity contribution in [2.75, 3.05) is 26.2 Å². The lowest BCUT2D eigenvalue weighted by molar-refractivity contribution is 0.0827. The summed E-state index contributed by atoms with van der Waals surface area (Å²) in [7, 11) is 0. The minimum absolute atomic E-state index is 0.236. The topological polar surface area (TPSA) is 107 Å². The first-order chi connectivity index (χ1) is 9.69. The van der Waals surface area contributed by atoms with Crippen molar-refractivity contribution in [3.63, 3.8) is 0 Å². The van der Waals surface area contributed by atoms with Gasteiger partial charge in [0.05, 0.1) is 6.10 Å². The Morgan fingerprint density at radius 3 is 2.90 bits per heavy atom. The monoisotopic (exact) mass is 281 g/mol. The number of likely N-dealkylation sites (tertiary alicyclic amines) is 1. The number of aromatic nitrogens is 2. The largest absolute Gasteiger partial charge is 0.390 e. The second-order valence-electron chi connectivity index (χ2n) is 5.21. The van der Waals surface area contributed by atoms with Crippen LogP contribution in [0.2, 0.25) is 0 Å². The van der Waals surface area contributed by atoms with Gasteiger partial charge in [0.15, 0.2) is 0 Å². The highest BCUT2D eigenvalue weighted by Crippen LogP contribution is 2.08. The molecule has 0 aromatic carbocycles. The van der Waals surface area contributed by atoms with E-state index in [9.17, 15) is 9.90 Å². The number of piperidine rings is 1. The molecule has 0 saturated carbocycles. The van der Waals surface area contributed by atoms with Gasteiger partial charge in [0.2, 0.25) is 0 Å². The Hall–Kier alpha value is -1.44. The van der Waals surface area contributed by atoms with Crippen LogP contribution in [-0.2, 0) is 6.54 Å². The van der Waals surface area contributed by atoms with Crippen LogP contribution in [0.1, 0.15) is 35.4 Å². The minimum atomic E-state index is -0.551. The molecule has 1 atom stereocenters. The van der Waals surface area contributed by atoms with Crippen LogP contribution < -0.4 is 11.1 Å². The maximum absolute atomic E-state index is 11.8. The highest BCUT2D eigenvalue weighted by Gasteiger charge is 2.16. The number of β-amino-alcohol motifs (C(OH)–C–C–N with tert-alkyl or cyclic N) is 1. The Kier molecular flexibility index (Phi) is 5.51. The fraction of sp³-hybridized carbons (Fsp3) is 0.692. The number of carbonyl (C=O) groups is 1. The van der Waals surface area contributed by atoms with E-state index in [4.69, 9.17) is 5.73 Å². The van der Waals surface area contributed by atoms with Crippen molar-refractivity contribution >= 4 is 5.91 Å². The van der Waals surface area contributed by atoms with Gasteiger partial charge in [-0.05, 0) is 32.0 Å². The van der Waals surface area contributed by atoms with Crippen molar-refractivity contribution in [2.45, 2.75) is 31.9 Å². The van der Waals surface area contributed by atoms with Crippen LogP contribution in [-0.4, -0.2) is 58.4 Å². The number of amides is 1. The third-order valence-electron chi connectivity index (χ3n) is 3.50. The molecule has 1 aromatic rings. The van der Waals surface area contributed by atoms with Crippen LogP contribution in [0.25, 0.3) is 0 Å². The van der Waals surface area contributed by atoms with Crippen LogP contribution in [0.4, 0.5) is 0 Å². The molecule has 1 unspecified atom stereocenters. The van der Waals surface area contributed by atoms with Crippen LogP contribution in [0, 0.1) is 0 Å². The van der Waals surface area contributed by atoms with E-state index in [0.717, 1.165) is 13.1 Å². The first-order valence-corrected chi connectivity index (χ1v) is 7.12. The van der Waals surface area contributed by atoms with E-state index < -0.39 is 6.10 Å². The fourth-order valence-electron chi connectivity index (χ4n) is 2.39. The molecule has 0 spiro atoms. The van der Waals surface area contributed by atoms with Gasteiger partial charge in [0, 0.05) is 25.3 Å². The molecule has 0 bridgehead atoms. The number of nitrogens with two attached hydrogens (primary N) is 1. The standard InChI is InChI=1S/C13H23N5O2/c14-7-10-6-12(17-16-10)13(20)15-8-11(19)9-18-4-2-1-3-5-18/h6,11,19H,1-5,7-9,14H2,(H,15,20)(H,16,17). The van der Waals surface area contributed by atoms with Gasteiger partial charge in [-0.25, -0.2) is 0 Å². The number of hydrogen-bond acceptors (Lipinski definition) is 5. The quantitative estimate of drug-likeness (QED) is 0.559. The molecule has 1 aliphatic rings. The van der Waals surface area contributed by atoms with E-state index in [1.165, 1.54) is 19.3 Å². The zero-order valence-electron chi connectivity index (χ0n) is 11.6. The molecular formula is C13H23N5O2. The summed E-state index contributed by atoms with van der Waals surface area (Å²) in [5.74, 6) is -0.293. The Morgan fingerprint density at radius 1 is 1.50 bits per heavy atom. The minimum Gasteiger partial charge on any atom is -0.390 e.